The maximum Gasteiger partial charge on any atom is 0.270 e. The Morgan fingerprint density at radius 3 is 2.57 bits per heavy atom. The minimum Gasteiger partial charge on any atom is -0.497 e. The van der Waals surface area contributed by atoms with Crippen LogP contribution >= 0.6 is 0 Å². The van der Waals surface area contributed by atoms with Gasteiger partial charge in [-0.05, 0) is 31.0 Å². The fraction of sp³-hybridized carbons (Fsp3) is 0.500. The van der Waals surface area contributed by atoms with Crippen molar-refractivity contribution in [2.24, 2.45) is 5.92 Å². The zero-order chi connectivity index (χ0) is 20.8. The van der Waals surface area contributed by atoms with Gasteiger partial charge >= 0.3 is 0 Å². The lowest BCUT2D eigenvalue weighted by Gasteiger charge is -2.43. The van der Waals surface area contributed by atoms with Gasteiger partial charge < -0.3 is 24.4 Å². The number of amides is 3. The predicted octanol–water partition coefficient (Wildman–Crippen LogP) is 1.47. The molecule has 8 heteroatoms. The van der Waals surface area contributed by atoms with E-state index in [1.165, 1.54) is 0 Å². The molecule has 30 heavy (non-hydrogen) atoms. The van der Waals surface area contributed by atoms with Crippen molar-refractivity contribution >= 4 is 28.6 Å². The highest BCUT2D eigenvalue weighted by atomic mass is 16.5. The fourth-order valence-electron chi connectivity index (χ4n) is 4.78. The molecule has 3 fully saturated rings. The average molecular weight is 410 g/mol. The summed E-state index contributed by atoms with van der Waals surface area (Å²) in [5.74, 6) is 0.575. The Labute approximate surface area is 174 Å². The molecule has 1 atom stereocenters. The number of ether oxygens (including phenoxy) is 1. The van der Waals surface area contributed by atoms with Crippen molar-refractivity contribution in [1.82, 2.24) is 19.7 Å². The number of rotatable bonds is 4. The van der Waals surface area contributed by atoms with Crippen molar-refractivity contribution in [2.75, 3.05) is 39.8 Å². The molecule has 0 saturated carbocycles. The zero-order valence-corrected chi connectivity index (χ0v) is 17.1. The number of benzene rings is 1. The normalized spacial score (nSPS) is 22.1. The van der Waals surface area contributed by atoms with Gasteiger partial charge in [0.05, 0.1) is 19.1 Å². The molecule has 0 radical (unpaired) electrons. The van der Waals surface area contributed by atoms with E-state index in [0.717, 1.165) is 42.6 Å². The molecule has 5 rings (SSSR count). The largest absolute Gasteiger partial charge is 0.497 e. The second-order valence-electron chi connectivity index (χ2n) is 8.48. The Hall–Kier alpha value is -3.03. The maximum absolute atomic E-state index is 12.8. The summed E-state index contributed by atoms with van der Waals surface area (Å²) in [7, 11) is 1.61. The van der Waals surface area contributed by atoms with Gasteiger partial charge in [-0.25, -0.2) is 0 Å². The van der Waals surface area contributed by atoms with Crippen molar-refractivity contribution < 1.29 is 19.1 Å². The van der Waals surface area contributed by atoms with Gasteiger partial charge in [0.2, 0.25) is 11.8 Å². The van der Waals surface area contributed by atoms with Gasteiger partial charge in [0, 0.05) is 56.1 Å². The van der Waals surface area contributed by atoms with Crippen LogP contribution in [0.25, 0.3) is 10.9 Å². The van der Waals surface area contributed by atoms with Crippen LogP contribution in [0.5, 0.6) is 5.75 Å². The van der Waals surface area contributed by atoms with Crippen molar-refractivity contribution in [3.8, 4) is 5.75 Å². The fourth-order valence-corrected chi connectivity index (χ4v) is 4.78. The summed E-state index contributed by atoms with van der Waals surface area (Å²) in [4.78, 5) is 46.6. The van der Waals surface area contributed by atoms with Gasteiger partial charge in [-0.1, -0.05) is 0 Å². The highest BCUT2D eigenvalue weighted by Gasteiger charge is 2.44. The topological polar surface area (TPSA) is 85.9 Å². The third kappa shape index (κ3) is 3.20. The van der Waals surface area contributed by atoms with Crippen LogP contribution in [0.4, 0.5) is 0 Å². The molecular weight excluding hydrogens is 384 g/mol. The molecule has 3 aliphatic heterocycles. The van der Waals surface area contributed by atoms with Crippen molar-refractivity contribution in [1.29, 1.82) is 0 Å². The number of carbonyl (C=O) groups is 3. The number of fused-ring (bicyclic) bond motifs is 1. The lowest BCUT2D eigenvalue weighted by atomic mass is 10.1. The molecule has 3 amide bonds. The molecule has 0 aliphatic carbocycles. The molecule has 158 valence electrons. The first-order valence-corrected chi connectivity index (χ1v) is 10.6. The Balaban J connectivity index is 1.20. The van der Waals surface area contributed by atoms with Crippen LogP contribution in [0, 0.1) is 5.92 Å². The van der Waals surface area contributed by atoms with E-state index in [0.29, 0.717) is 31.7 Å². The molecule has 1 N–H and O–H groups in total. The number of nitrogens with one attached hydrogen (secondary N) is 1. The minimum atomic E-state index is -0.232. The molecule has 1 unspecified atom stereocenters. The number of methoxy groups -OCH3 is 1. The van der Waals surface area contributed by atoms with E-state index in [9.17, 15) is 14.4 Å². The van der Waals surface area contributed by atoms with E-state index in [4.69, 9.17) is 4.74 Å². The molecule has 3 saturated heterocycles. The first-order chi connectivity index (χ1) is 14.5. The molecule has 1 aromatic carbocycles. The minimum absolute atomic E-state index is 0.00213. The summed E-state index contributed by atoms with van der Waals surface area (Å²) in [5.41, 5.74) is 1.39. The number of aromatic amines is 1. The summed E-state index contributed by atoms with van der Waals surface area (Å²) in [5, 5.41) is 0.953. The third-order valence-electron chi connectivity index (χ3n) is 6.58. The summed E-state index contributed by atoms with van der Waals surface area (Å²) < 4.78 is 5.23. The maximum atomic E-state index is 12.8. The van der Waals surface area contributed by atoms with E-state index >= 15 is 0 Å². The van der Waals surface area contributed by atoms with E-state index in [-0.39, 0.29) is 29.7 Å². The average Bonchev–Trinajstić information content (AvgIpc) is 3.45. The number of hydrogen-bond donors (Lipinski definition) is 1. The van der Waals surface area contributed by atoms with Gasteiger partial charge in [-0.3, -0.25) is 14.4 Å². The number of nitrogens with zero attached hydrogens (tertiary/aromatic N) is 3. The van der Waals surface area contributed by atoms with Gasteiger partial charge in [0.15, 0.2) is 0 Å². The Morgan fingerprint density at radius 2 is 1.83 bits per heavy atom. The third-order valence-corrected chi connectivity index (χ3v) is 6.58. The molecule has 3 aliphatic rings. The van der Waals surface area contributed by atoms with Crippen LogP contribution in [-0.2, 0) is 9.59 Å². The second-order valence-corrected chi connectivity index (χ2v) is 8.48. The van der Waals surface area contributed by atoms with Crippen molar-refractivity contribution in [3.05, 3.63) is 30.0 Å². The highest BCUT2D eigenvalue weighted by molar-refractivity contribution is 5.99. The summed E-state index contributed by atoms with van der Waals surface area (Å²) in [6, 6.07) is 7.49. The molecule has 4 heterocycles. The van der Waals surface area contributed by atoms with Crippen molar-refractivity contribution in [2.45, 2.75) is 25.3 Å². The molecule has 0 spiro atoms. The van der Waals surface area contributed by atoms with Gasteiger partial charge in [0.1, 0.15) is 11.4 Å². The smallest absolute Gasteiger partial charge is 0.270 e. The highest BCUT2D eigenvalue weighted by Crippen LogP contribution is 2.29. The summed E-state index contributed by atoms with van der Waals surface area (Å²) >= 11 is 0. The number of H-pyrrole nitrogens is 1. The monoisotopic (exact) mass is 410 g/mol. The van der Waals surface area contributed by atoms with Gasteiger partial charge in [-0.2, -0.15) is 0 Å². The first kappa shape index (κ1) is 19.0. The van der Waals surface area contributed by atoms with Crippen LogP contribution < -0.4 is 4.74 Å². The van der Waals surface area contributed by atoms with E-state index in [2.05, 4.69) is 4.98 Å². The van der Waals surface area contributed by atoms with Crippen LogP contribution in [0.3, 0.4) is 0 Å². The number of carbonyl (C=O) groups excluding carboxylic acids is 3. The summed E-state index contributed by atoms with van der Waals surface area (Å²) in [6.07, 6.45) is 2.40. The van der Waals surface area contributed by atoms with Crippen LogP contribution in [0.1, 0.15) is 29.8 Å². The Kier molecular flexibility index (Phi) is 4.64. The van der Waals surface area contributed by atoms with Gasteiger partial charge in [-0.15, -0.1) is 0 Å². The lowest BCUT2D eigenvalue weighted by molar-refractivity contribution is -0.135. The molecule has 2 aromatic rings. The van der Waals surface area contributed by atoms with E-state index in [1.54, 1.807) is 16.9 Å². The Bertz CT molecular complexity index is 1000. The zero-order valence-electron chi connectivity index (χ0n) is 17.1. The molecular formula is C22H26N4O4. The van der Waals surface area contributed by atoms with E-state index < -0.39 is 0 Å². The number of likely N-dealkylation sites (tertiary alicyclic amines) is 3. The lowest BCUT2D eigenvalue weighted by Crippen LogP contribution is -2.61. The van der Waals surface area contributed by atoms with E-state index in [1.807, 2.05) is 29.2 Å². The molecule has 8 nitrogen and oxygen atoms in total. The van der Waals surface area contributed by atoms with Crippen molar-refractivity contribution in [3.63, 3.8) is 0 Å². The SMILES string of the molecule is COc1ccc2cc(C(=O)N3CC(N4CC(C(=O)N5CCCC5)CC4=O)C3)[nH]c2c1. The quantitative estimate of drug-likeness (QED) is 0.827. The first-order valence-electron chi connectivity index (χ1n) is 10.6. The second kappa shape index (κ2) is 7.34. The number of hydrogen-bond acceptors (Lipinski definition) is 4. The van der Waals surface area contributed by atoms with Crippen LogP contribution in [0.2, 0.25) is 0 Å². The standard InChI is InChI=1S/C22H26N4O4/c1-30-17-5-4-14-8-19(23-18(14)10-17)22(29)25-12-16(13-25)26-11-15(9-20(26)27)21(28)24-6-2-3-7-24/h4-5,8,10,15-16,23H,2-3,6-7,9,11-13H2,1H3. The molecule has 0 bridgehead atoms. The van der Waals surface area contributed by atoms with Crippen LogP contribution in [-0.4, -0.2) is 83.3 Å². The predicted molar refractivity (Wildman–Crippen MR) is 110 cm³/mol. The molecule has 1 aromatic heterocycles. The number of aromatic nitrogens is 1. The summed E-state index contributed by atoms with van der Waals surface area (Å²) in [6.45, 7) is 3.12. The van der Waals surface area contributed by atoms with Crippen LogP contribution in [0.15, 0.2) is 24.3 Å². The Morgan fingerprint density at radius 1 is 1.07 bits per heavy atom. The van der Waals surface area contributed by atoms with Gasteiger partial charge in [0.25, 0.3) is 5.91 Å².